The van der Waals surface area contributed by atoms with Crippen molar-refractivity contribution in [3.05, 3.63) is 119 Å². The van der Waals surface area contributed by atoms with Crippen molar-refractivity contribution in [3.8, 4) is 33.3 Å². The summed E-state index contributed by atoms with van der Waals surface area (Å²) in [4.78, 5) is 23.6. The number of hydrogen-bond donors (Lipinski definition) is 1. The third-order valence-corrected chi connectivity index (χ3v) is 7.40. The number of nitrogens with zero attached hydrogens (tertiary/aromatic N) is 3. The number of hydrogen-bond acceptors (Lipinski definition) is 5. The highest BCUT2D eigenvalue weighted by Gasteiger charge is 2.21. The van der Waals surface area contributed by atoms with E-state index in [0.29, 0.717) is 22.1 Å². The molecule has 7 heteroatoms. The minimum atomic E-state index is -0.201. The topological polar surface area (TPSA) is 72.3 Å². The first-order chi connectivity index (χ1) is 18.6. The Morgan fingerprint density at radius 3 is 2.34 bits per heavy atom. The number of rotatable bonds is 6. The summed E-state index contributed by atoms with van der Waals surface area (Å²) in [6, 6.07) is 33.6. The van der Waals surface area contributed by atoms with Crippen molar-refractivity contribution >= 4 is 33.0 Å². The Morgan fingerprint density at radius 2 is 1.58 bits per heavy atom. The highest BCUT2D eigenvalue weighted by molar-refractivity contribution is 7.20. The van der Waals surface area contributed by atoms with E-state index in [9.17, 15) is 4.79 Å². The molecule has 0 spiro atoms. The van der Waals surface area contributed by atoms with E-state index in [1.807, 2.05) is 97.9 Å². The molecule has 186 valence electrons. The number of benzene rings is 4. The maximum atomic E-state index is 13.9. The van der Waals surface area contributed by atoms with Gasteiger partial charge in [0.1, 0.15) is 5.75 Å². The fourth-order valence-corrected chi connectivity index (χ4v) is 5.42. The van der Waals surface area contributed by atoms with Gasteiger partial charge in [-0.05, 0) is 55.0 Å². The standard InChI is InChI=1S/C31H24N4O2S/c1-20(32-25-13-7-6-12-24(25)21-10-4-3-5-11-21)28-29(22-16-18-23(37-2)19-17-22)34-35(30(28)36)31-33-26-14-8-9-15-27(26)38-31/h3-19,34H,1-2H3. The molecule has 0 saturated carbocycles. The van der Waals surface area contributed by atoms with E-state index in [1.165, 1.54) is 16.0 Å². The lowest BCUT2D eigenvalue weighted by Gasteiger charge is -2.08. The van der Waals surface area contributed by atoms with Crippen molar-refractivity contribution in [2.45, 2.75) is 6.92 Å². The van der Waals surface area contributed by atoms with Gasteiger partial charge in [-0.15, -0.1) is 0 Å². The molecule has 2 heterocycles. The van der Waals surface area contributed by atoms with Crippen LogP contribution >= 0.6 is 11.3 Å². The molecule has 6 nitrogen and oxygen atoms in total. The van der Waals surface area contributed by atoms with Gasteiger partial charge < -0.3 is 4.74 Å². The maximum Gasteiger partial charge on any atom is 0.283 e. The summed E-state index contributed by atoms with van der Waals surface area (Å²) in [5, 5.41) is 3.90. The van der Waals surface area contributed by atoms with Gasteiger partial charge in [-0.2, -0.15) is 4.68 Å². The van der Waals surface area contributed by atoms with E-state index < -0.39 is 0 Å². The van der Waals surface area contributed by atoms with Crippen molar-refractivity contribution in [2.24, 2.45) is 4.99 Å². The van der Waals surface area contributed by atoms with Crippen LogP contribution in [0.25, 0.3) is 37.7 Å². The second-order valence-electron chi connectivity index (χ2n) is 8.78. The van der Waals surface area contributed by atoms with Crippen LogP contribution in [0.5, 0.6) is 5.75 Å². The third-order valence-electron chi connectivity index (χ3n) is 6.38. The molecule has 0 fully saturated rings. The van der Waals surface area contributed by atoms with Gasteiger partial charge in [-0.1, -0.05) is 72.0 Å². The Labute approximate surface area is 223 Å². The van der Waals surface area contributed by atoms with Crippen LogP contribution in [-0.4, -0.2) is 27.6 Å². The Hall–Kier alpha value is -4.75. The Bertz CT molecular complexity index is 1800. The van der Waals surface area contributed by atoms with Crippen molar-refractivity contribution < 1.29 is 4.74 Å². The fraction of sp³-hybridized carbons (Fsp3) is 0.0645. The number of para-hydroxylation sites is 2. The summed E-state index contributed by atoms with van der Waals surface area (Å²) in [6.45, 7) is 1.88. The van der Waals surface area contributed by atoms with Gasteiger partial charge in [0.25, 0.3) is 5.56 Å². The largest absolute Gasteiger partial charge is 0.497 e. The van der Waals surface area contributed by atoms with Crippen LogP contribution in [0.15, 0.2) is 113 Å². The SMILES string of the molecule is COc1ccc(-c2[nH]n(-c3nc4ccccc4s3)c(=O)c2C(C)=Nc2ccccc2-c2ccccc2)cc1. The van der Waals surface area contributed by atoms with Crippen LogP contribution in [0.3, 0.4) is 0 Å². The number of aromatic amines is 1. The molecule has 0 aliphatic carbocycles. The Morgan fingerprint density at radius 1 is 0.868 bits per heavy atom. The van der Waals surface area contributed by atoms with Gasteiger partial charge in [0, 0.05) is 11.1 Å². The lowest BCUT2D eigenvalue weighted by Crippen LogP contribution is -2.19. The van der Waals surface area contributed by atoms with Crippen LogP contribution in [-0.2, 0) is 0 Å². The van der Waals surface area contributed by atoms with Crippen molar-refractivity contribution in [3.63, 3.8) is 0 Å². The van der Waals surface area contributed by atoms with Crippen LogP contribution in [0.1, 0.15) is 12.5 Å². The molecule has 0 bridgehead atoms. The van der Waals surface area contributed by atoms with Crippen LogP contribution in [0.2, 0.25) is 0 Å². The molecule has 1 N–H and O–H groups in total. The second-order valence-corrected chi connectivity index (χ2v) is 9.78. The predicted octanol–water partition coefficient (Wildman–Crippen LogP) is 7.26. The monoisotopic (exact) mass is 516 g/mol. The van der Waals surface area contributed by atoms with E-state index in [-0.39, 0.29) is 5.56 Å². The summed E-state index contributed by atoms with van der Waals surface area (Å²) < 4.78 is 7.87. The fourth-order valence-electron chi connectivity index (χ4n) is 4.50. The van der Waals surface area contributed by atoms with Gasteiger partial charge in [0.2, 0.25) is 5.13 Å². The van der Waals surface area contributed by atoms with Crippen molar-refractivity contribution in [2.75, 3.05) is 7.11 Å². The molecule has 6 rings (SSSR count). The molecule has 2 aromatic heterocycles. The average molecular weight is 517 g/mol. The third kappa shape index (κ3) is 4.33. The normalized spacial score (nSPS) is 11.7. The van der Waals surface area contributed by atoms with Crippen LogP contribution in [0.4, 0.5) is 5.69 Å². The molecule has 6 aromatic rings. The molecule has 4 aromatic carbocycles. The zero-order chi connectivity index (χ0) is 26.1. The van der Waals surface area contributed by atoms with Gasteiger partial charge in [0.05, 0.1) is 40.0 Å². The maximum absolute atomic E-state index is 13.9. The second kappa shape index (κ2) is 9.95. The lowest BCUT2D eigenvalue weighted by atomic mass is 10.0. The van der Waals surface area contributed by atoms with Gasteiger partial charge in [-0.3, -0.25) is 14.9 Å². The molecular weight excluding hydrogens is 492 g/mol. The average Bonchev–Trinajstić information content (AvgIpc) is 3.55. The first kappa shape index (κ1) is 23.6. The molecule has 0 unspecified atom stereocenters. The number of methoxy groups -OCH3 is 1. The van der Waals surface area contributed by atoms with Gasteiger partial charge >= 0.3 is 0 Å². The quantitative estimate of drug-likeness (QED) is 0.237. The number of fused-ring (bicyclic) bond motifs is 1. The summed E-state index contributed by atoms with van der Waals surface area (Å²) >= 11 is 1.46. The number of aromatic nitrogens is 3. The molecule has 0 aliphatic rings. The van der Waals surface area contributed by atoms with E-state index in [1.54, 1.807) is 7.11 Å². The smallest absolute Gasteiger partial charge is 0.283 e. The minimum Gasteiger partial charge on any atom is -0.497 e. The first-order valence-corrected chi connectivity index (χ1v) is 13.0. The molecule has 38 heavy (non-hydrogen) atoms. The molecule has 0 amide bonds. The van der Waals surface area contributed by atoms with E-state index in [4.69, 9.17) is 14.7 Å². The number of thiazole rings is 1. The number of ether oxygens (including phenoxy) is 1. The molecule has 0 atom stereocenters. The summed E-state index contributed by atoms with van der Waals surface area (Å²) in [5.41, 5.74) is 6.15. The van der Waals surface area contributed by atoms with Crippen molar-refractivity contribution in [1.29, 1.82) is 0 Å². The summed E-state index contributed by atoms with van der Waals surface area (Å²) in [5.74, 6) is 0.741. The van der Waals surface area contributed by atoms with Crippen molar-refractivity contribution in [1.82, 2.24) is 14.8 Å². The Kier molecular flexibility index (Phi) is 6.19. The minimum absolute atomic E-state index is 0.201. The van der Waals surface area contributed by atoms with E-state index >= 15 is 0 Å². The highest BCUT2D eigenvalue weighted by Crippen LogP contribution is 2.32. The van der Waals surface area contributed by atoms with Crippen LogP contribution < -0.4 is 10.3 Å². The molecule has 0 radical (unpaired) electrons. The van der Waals surface area contributed by atoms with E-state index in [0.717, 1.165) is 38.3 Å². The summed E-state index contributed by atoms with van der Waals surface area (Å²) in [6.07, 6.45) is 0. The molecule has 0 saturated heterocycles. The van der Waals surface area contributed by atoms with Crippen LogP contribution in [0, 0.1) is 0 Å². The molecule has 0 aliphatic heterocycles. The number of H-pyrrole nitrogens is 1. The highest BCUT2D eigenvalue weighted by atomic mass is 32.1. The predicted molar refractivity (Wildman–Crippen MR) is 155 cm³/mol. The Balaban J connectivity index is 1.53. The zero-order valence-electron chi connectivity index (χ0n) is 20.9. The summed E-state index contributed by atoms with van der Waals surface area (Å²) in [7, 11) is 1.63. The van der Waals surface area contributed by atoms with Gasteiger partial charge in [-0.25, -0.2) is 4.98 Å². The zero-order valence-corrected chi connectivity index (χ0v) is 21.7. The number of aliphatic imine (C=N–C) groups is 1. The van der Waals surface area contributed by atoms with Gasteiger partial charge in [0.15, 0.2) is 0 Å². The number of nitrogens with one attached hydrogen (secondary N) is 1. The molecular formula is C31H24N4O2S. The van der Waals surface area contributed by atoms with E-state index in [2.05, 4.69) is 17.2 Å². The lowest BCUT2D eigenvalue weighted by molar-refractivity contribution is 0.415. The first-order valence-electron chi connectivity index (χ1n) is 12.2.